The highest BCUT2D eigenvalue weighted by molar-refractivity contribution is 8.07. The number of rotatable bonds is 4. The number of sulfone groups is 1. The highest BCUT2D eigenvalue weighted by atomic mass is 32.2. The van der Waals surface area contributed by atoms with Crippen LogP contribution in [0.5, 0.6) is 5.75 Å². The lowest BCUT2D eigenvalue weighted by Crippen LogP contribution is -2.27. The Morgan fingerprint density at radius 3 is 2.63 bits per heavy atom. The number of fused-ring (bicyclic) bond motifs is 1. The fourth-order valence-electron chi connectivity index (χ4n) is 4.01. The van der Waals surface area contributed by atoms with Crippen LogP contribution in [-0.4, -0.2) is 33.2 Å². The molecule has 1 saturated carbocycles. The molecule has 0 saturated heterocycles. The number of aryl methyl sites for hydroxylation is 2. The van der Waals surface area contributed by atoms with Crippen LogP contribution in [0.1, 0.15) is 47.4 Å². The SMILES string of the molecule is COC(=O)C(=O)S(=O)(=O)Cc1c(C)ccc(C2CC2)c1-c1ccc2c(c1)CCCO2. The van der Waals surface area contributed by atoms with Gasteiger partial charge in [-0.15, -0.1) is 0 Å². The molecule has 0 amide bonds. The number of hydrogen-bond acceptors (Lipinski definition) is 6. The summed E-state index contributed by atoms with van der Waals surface area (Å²) in [4.78, 5) is 23.7. The van der Waals surface area contributed by atoms with Crippen molar-refractivity contribution in [1.29, 1.82) is 0 Å². The van der Waals surface area contributed by atoms with Gasteiger partial charge in [0.25, 0.3) is 0 Å². The van der Waals surface area contributed by atoms with Gasteiger partial charge < -0.3 is 9.47 Å². The van der Waals surface area contributed by atoms with Gasteiger partial charge in [0.1, 0.15) is 5.75 Å². The third-order valence-electron chi connectivity index (χ3n) is 5.76. The fraction of sp³-hybridized carbons (Fsp3) is 0.391. The molecule has 7 heteroatoms. The minimum absolute atomic E-state index is 0.380. The fourth-order valence-corrected chi connectivity index (χ4v) is 5.23. The standard InChI is InChI=1S/C23H24O6S/c1-14-5-9-18(15-6-7-15)21(17-8-10-20-16(12-17)4-3-11-29-20)19(14)13-30(26,27)23(25)22(24)28-2/h5,8-10,12,15H,3-4,6-7,11,13H2,1-2H3. The van der Waals surface area contributed by atoms with Crippen LogP contribution in [0.3, 0.4) is 0 Å². The van der Waals surface area contributed by atoms with Gasteiger partial charge >= 0.3 is 11.1 Å². The molecule has 0 atom stereocenters. The molecule has 4 rings (SSSR count). The summed E-state index contributed by atoms with van der Waals surface area (Å²) in [7, 11) is -3.36. The summed E-state index contributed by atoms with van der Waals surface area (Å²) >= 11 is 0. The van der Waals surface area contributed by atoms with Crippen molar-refractivity contribution in [2.75, 3.05) is 13.7 Å². The van der Waals surface area contributed by atoms with Crippen LogP contribution in [-0.2, 0) is 36.3 Å². The van der Waals surface area contributed by atoms with E-state index in [1.54, 1.807) is 0 Å². The Bertz CT molecular complexity index is 1130. The van der Waals surface area contributed by atoms with Crippen LogP contribution in [0.4, 0.5) is 0 Å². The molecule has 1 fully saturated rings. The molecule has 2 aliphatic rings. The number of carbonyl (C=O) groups is 2. The molecule has 0 radical (unpaired) electrons. The van der Waals surface area contributed by atoms with E-state index in [0.717, 1.165) is 66.4 Å². The Hall–Kier alpha value is -2.67. The Kier molecular flexibility index (Phi) is 5.40. The van der Waals surface area contributed by atoms with Crippen molar-refractivity contribution < 1.29 is 27.5 Å². The molecule has 158 valence electrons. The van der Waals surface area contributed by atoms with Gasteiger partial charge in [-0.3, -0.25) is 4.79 Å². The van der Waals surface area contributed by atoms with E-state index in [4.69, 9.17) is 4.74 Å². The average molecular weight is 429 g/mol. The quantitative estimate of drug-likeness (QED) is 0.547. The van der Waals surface area contributed by atoms with Gasteiger partial charge in [-0.25, -0.2) is 13.2 Å². The maximum Gasteiger partial charge on any atom is 0.391 e. The van der Waals surface area contributed by atoms with Gasteiger partial charge in [-0.05, 0) is 84.0 Å². The van der Waals surface area contributed by atoms with Crippen molar-refractivity contribution in [3.05, 3.63) is 52.6 Å². The van der Waals surface area contributed by atoms with Crippen LogP contribution in [0.2, 0.25) is 0 Å². The molecule has 1 aliphatic heterocycles. The zero-order valence-corrected chi connectivity index (χ0v) is 17.9. The summed E-state index contributed by atoms with van der Waals surface area (Å²) in [6, 6.07) is 9.89. The Morgan fingerprint density at radius 1 is 1.17 bits per heavy atom. The lowest BCUT2D eigenvalue weighted by atomic mass is 9.88. The van der Waals surface area contributed by atoms with E-state index in [-0.39, 0.29) is 0 Å². The molecule has 6 nitrogen and oxygen atoms in total. The van der Waals surface area contributed by atoms with Crippen molar-refractivity contribution >= 4 is 20.9 Å². The van der Waals surface area contributed by atoms with Crippen LogP contribution in [0.25, 0.3) is 11.1 Å². The minimum atomic E-state index is -4.36. The molecule has 2 aromatic rings. The zero-order chi connectivity index (χ0) is 21.5. The van der Waals surface area contributed by atoms with Crippen molar-refractivity contribution in [2.24, 2.45) is 0 Å². The van der Waals surface area contributed by atoms with Gasteiger partial charge in [-0.2, -0.15) is 0 Å². The molecule has 0 unspecified atom stereocenters. The van der Waals surface area contributed by atoms with Crippen LogP contribution >= 0.6 is 0 Å². The molecule has 0 aromatic heterocycles. The summed E-state index contributed by atoms with van der Waals surface area (Å²) in [5, 5.41) is -1.51. The number of esters is 1. The normalized spacial score (nSPS) is 15.8. The third kappa shape index (κ3) is 3.86. The molecule has 0 spiro atoms. The van der Waals surface area contributed by atoms with E-state index in [1.807, 2.05) is 25.1 Å². The first-order valence-corrected chi connectivity index (χ1v) is 11.7. The largest absolute Gasteiger partial charge is 0.493 e. The second-order valence-corrected chi connectivity index (χ2v) is 9.80. The smallest absolute Gasteiger partial charge is 0.391 e. The van der Waals surface area contributed by atoms with E-state index in [1.165, 1.54) is 0 Å². The molecule has 30 heavy (non-hydrogen) atoms. The molecule has 1 heterocycles. The van der Waals surface area contributed by atoms with Gasteiger partial charge in [0.15, 0.2) is 0 Å². The highest BCUT2D eigenvalue weighted by Gasteiger charge is 2.34. The number of hydrogen-bond donors (Lipinski definition) is 0. The molecular formula is C23H24O6S. The number of benzene rings is 2. The van der Waals surface area contributed by atoms with Crippen molar-refractivity contribution in [2.45, 2.75) is 44.3 Å². The number of ether oxygens (including phenoxy) is 2. The van der Waals surface area contributed by atoms with E-state index in [2.05, 4.69) is 16.9 Å². The third-order valence-corrected chi connectivity index (χ3v) is 7.16. The molecular weight excluding hydrogens is 404 g/mol. The summed E-state index contributed by atoms with van der Waals surface area (Å²) < 4.78 is 35.4. The second kappa shape index (κ2) is 7.87. The van der Waals surface area contributed by atoms with Crippen LogP contribution in [0.15, 0.2) is 30.3 Å². The highest BCUT2D eigenvalue weighted by Crippen LogP contribution is 2.47. The van der Waals surface area contributed by atoms with Crippen LogP contribution < -0.4 is 4.74 Å². The number of methoxy groups -OCH3 is 1. The average Bonchev–Trinajstić information content (AvgIpc) is 3.58. The van der Waals surface area contributed by atoms with Gasteiger partial charge in [-0.1, -0.05) is 18.2 Å². The van der Waals surface area contributed by atoms with Crippen molar-refractivity contribution in [3.8, 4) is 16.9 Å². The summed E-state index contributed by atoms with van der Waals surface area (Å²) in [6.07, 6.45) is 3.95. The van der Waals surface area contributed by atoms with E-state index >= 15 is 0 Å². The van der Waals surface area contributed by atoms with E-state index in [0.29, 0.717) is 18.1 Å². The van der Waals surface area contributed by atoms with Crippen molar-refractivity contribution in [3.63, 3.8) is 0 Å². The predicted molar refractivity (Wildman–Crippen MR) is 112 cm³/mol. The lowest BCUT2D eigenvalue weighted by Gasteiger charge is -2.21. The number of carbonyl (C=O) groups excluding carboxylic acids is 2. The first-order chi connectivity index (χ1) is 14.3. The van der Waals surface area contributed by atoms with Gasteiger partial charge in [0.2, 0.25) is 9.84 Å². The maximum atomic E-state index is 12.7. The minimum Gasteiger partial charge on any atom is -0.493 e. The van der Waals surface area contributed by atoms with Crippen molar-refractivity contribution in [1.82, 2.24) is 0 Å². The maximum absolute atomic E-state index is 12.7. The molecule has 1 aliphatic carbocycles. The zero-order valence-electron chi connectivity index (χ0n) is 17.1. The second-order valence-electron chi connectivity index (χ2n) is 7.91. The van der Waals surface area contributed by atoms with E-state index in [9.17, 15) is 18.0 Å². The molecule has 2 aromatic carbocycles. The topological polar surface area (TPSA) is 86.7 Å². The molecule has 0 N–H and O–H groups in total. The Labute approximate surface area is 176 Å². The first-order valence-electron chi connectivity index (χ1n) is 10.1. The summed E-state index contributed by atoms with van der Waals surface area (Å²) in [6.45, 7) is 2.53. The lowest BCUT2D eigenvalue weighted by molar-refractivity contribution is -0.147. The van der Waals surface area contributed by atoms with Gasteiger partial charge in [0, 0.05) is 0 Å². The van der Waals surface area contributed by atoms with Crippen LogP contribution in [0, 0.1) is 6.92 Å². The Morgan fingerprint density at radius 2 is 1.93 bits per heavy atom. The predicted octanol–water partition coefficient (Wildman–Crippen LogP) is 3.48. The Balaban J connectivity index is 1.85. The van der Waals surface area contributed by atoms with E-state index < -0.39 is 26.7 Å². The van der Waals surface area contributed by atoms with Gasteiger partial charge in [0.05, 0.1) is 19.5 Å². The summed E-state index contributed by atoms with van der Waals surface area (Å²) in [5.74, 6) is -0.652. The monoisotopic (exact) mass is 428 g/mol. The summed E-state index contributed by atoms with van der Waals surface area (Å²) in [5.41, 5.74) is 5.29. The first kappa shape index (κ1) is 20.6. The molecule has 0 bridgehead atoms.